The second-order valence-electron chi connectivity index (χ2n) is 7.60. The summed E-state index contributed by atoms with van der Waals surface area (Å²) in [5.41, 5.74) is 3.30. The third-order valence-electron chi connectivity index (χ3n) is 5.60. The molecule has 0 spiro atoms. The van der Waals surface area contributed by atoms with Gasteiger partial charge in [0.2, 0.25) is 0 Å². The zero-order valence-corrected chi connectivity index (χ0v) is 18.1. The molecule has 1 aromatic carbocycles. The number of thiophene rings is 1. The van der Waals surface area contributed by atoms with E-state index in [0.29, 0.717) is 22.7 Å². The van der Waals surface area contributed by atoms with E-state index in [4.69, 9.17) is 4.74 Å². The Morgan fingerprint density at radius 3 is 2.63 bits per heavy atom. The molecular weight excluding hydrogens is 424 g/mol. The maximum atomic E-state index is 12.6. The lowest BCUT2D eigenvalue weighted by Gasteiger charge is -2.29. The lowest BCUT2D eigenvalue weighted by Crippen LogP contribution is -2.40. The predicted octanol–water partition coefficient (Wildman–Crippen LogP) is 2.82. The number of sulfonamides is 1. The maximum absolute atomic E-state index is 12.6. The Morgan fingerprint density at radius 2 is 1.90 bits per heavy atom. The van der Waals surface area contributed by atoms with E-state index < -0.39 is 21.9 Å². The van der Waals surface area contributed by atoms with Gasteiger partial charge >= 0.3 is 5.97 Å². The van der Waals surface area contributed by atoms with E-state index in [1.54, 1.807) is 17.5 Å². The third kappa shape index (κ3) is 4.58. The van der Waals surface area contributed by atoms with Gasteiger partial charge in [-0.05, 0) is 66.8 Å². The standard InChI is InChI=1S/C21H24N2O5S2/c24-19(22-18-7-6-15-3-1-4-17(15)13-18)14-28-21(25)16-8-10-23(11-9-16)30(26,27)20-5-2-12-29-20/h2,5-7,12-13,16H,1,3-4,8-11,14H2,(H,22,24). The van der Waals surface area contributed by atoms with Gasteiger partial charge in [0.1, 0.15) is 4.21 Å². The molecule has 1 aliphatic heterocycles. The molecular formula is C21H24N2O5S2. The first-order valence-electron chi connectivity index (χ1n) is 10.1. The van der Waals surface area contributed by atoms with Crippen LogP contribution in [0.2, 0.25) is 0 Å². The van der Waals surface area contributed by atoms with Crippen molar-refractivity contribution >= 4 is 38.9 Å². The van der Waals surface area contributed by atoms with Crippen LogP contribution in [0.3, 0.4) is 0 Å². The number of esters is 1. The summed E-state index contributed by atoms with van der Waals surface area (Å²) in [5.74, 6) is -1.22. The van der Waals surface area contributed by atoms with Gasteiger partial charge in [-0.15, -0.1) is 11.3 Å². The van der Waals surface area contributed by atoms with E-state index in [9.17, 15) is 18.0 Å². The average molecular weight is 449 g/mol. The van der Waals surface area contributed by atoms with Gasteiger partial charge in [0, 0.05) is 18.8 Å². The molecule has 2 heterocycles. The molecule has 0 unspecified atom stereocenters. The maximum Gasteiger partial charge on any atom is 0.309 e. The summed E-state index contributed by atoms with van der Waals surface area (Å²) in [7, 11) is -3.50. The van der Waals surface area contributed by atoms with Gasteiger partial charge in [0.05, 0.1) is 5.92 Å². The van der Waals surface area contributed by atoms with E-state index in [-0.39, 0.29) is 25.6 Å². The van der Waals surface area contributed by atoms with Crippen LogP contribution in [0.1, 0.15) is 30.4 Å². The van der Waals surface area contributed by atoms with Crippen LogP contribution in [0.25, 0.3) is 0 Å². The van der Waals surface area contributed by atoms with Crippen LogP contribution in [0.4, 0.5) is 5.69 Å². The summed E-state index contributed by atoms with van der Waals surface area (Å²) < 4.78 is 32.0. The third-order valence-corrected chi connectivity index (χ3v) is 8.88. The first kappa shape index (κ1) is 21.0. The number of anilines is 1. The number of hydrogen-bond acceptors (Lipinski definition) is 6. The van der Waals surface area contributed by atoms with Crippen LogP contribution in [0.5, 0.6) is 0 Å². The summed E-state index contributed by atoms with van der Waals surface area (Å²) in [6.45, 7) is 0.187. The van der Waals surface area contributed by atoms with E-state index in [1.165, 1.54) is 26.8 Å². The molecule has 7 nitrogen and oxygen atoms in total. The van der Waals surface area contributed by atoms with Crippen LogP contribution in [0.15, 0.2) is 39.9 Å². The van der Waals surface area contributed by atoms with Gasteiger partial charge in [-0.25, -0.2) is 8.42 Å². The van der Waals surface area contributed by atoms with Crippen LogP contribution in [-0.2, 0) is 37.2 Å². The molecule has 0 radical (unpaired) electrons. The molecule has 30 heavy (non-hydrogen) atoms. The Hall–Kier alpha value is -2.23. The summed E-state index contributed by atoms with van der Waals surface area (Å²) >= 11 is 1.18. The van der Waals surface area contributed by atoms with Crippen molar-refractivity contribution in [3.05, 3.63) is 46.8 Å². The zero-order valence-electron chi connectivity index (χ0n) is 16.5. The van der Waals surface area contributed by atoms with Crippen LogP contribution < -0.4 is 5.32 Å². The van der Waals surface area contributed by atoms with Crippen molar-refractivity contribution in [2.75, 3.05) is 25.0 Å². The second kappa shape index (κ2) is 8.87. The highest BCUT2D eigenvalue weighted by Crippen LogP contribution is 2.27. The molecule has 9 heteroatoms. The number of rotatable bonds is 6. The summed E-state index contributed by atoms with van der Waals surface area (Å²) in [6, 6.07) is 9.16. The summed E-state index contributed by atoms with van der Waals surface area (Å²) in [5, 5.41) is 4.50. The molecule has 1 fully saturated rings. The first-order chi connectivity index (χ1) is 14.4. The number of nitrogens with one attached hydrogen (secondary N) is 1. The van der Waals surface area contributed by atoms with E-state index in [0.717, 1.165) is 19.3 Å². The lowest BCUT2D eigenvalue weighted by molar-refractivity contribution is -0.152. The van der Waals surface area contributed by atoms with Gasteiger partial charge in [-0.3, -0.25) is 9.59 Å². The fourth-order valence-electron chi connectivity index (χ4n) is 3.97. The van der Waals surface area contributed by atoms with Crippen molar-refractivity contribution in [1.29, 1.82) is 0 Å². The number of ether oxygens (including phenoxy) is 1. The number of nitrogens with zero attached hydrogens (tertiary/aromatic N) is 1. The molecule has 1 saturated heterocycles. The van der Waals surface area contributed by atoms with Crippen molar-refractivity contribution in [3.8, 4) is 0 Å². The van der Waals surface area contributed by atoms with Gasteiger partial charge < -0.3 is 10.1 Å². The Bertz CT molecular complexity index is 1030. The molecule has 0 atom stereocenters. The highest BCUT2D eigenvalue weighted by molar-refractivity contribution is 7.91. The highest BCUT2D eigenvalue weighted by Gasteiger charge is 2.33. The second-order valence-corrected chi connectivity index (χ2v) is 10.7. The van der Waals surface area contributed by atoms with Gasteiger partial charge in [-0.1, -0.05) is 12.1 Å². The summed E-state index contributed by atoms with van der Waals surface area (Å²) in [4.78, 5) is 24.5. The predicted molar refractivity (Wildman–Crippen MR) is 114 cm³/mol. The number of carbonyl (C=O) groups is 2. The smallest absolute Gasteiger partial charge is 0.309 e. The van der Waals surface area contributed by atoms with Crippen LogP contribution in [-0.4, -0.2) is 44.3 Å². The van der Waals surface area contributed by atoms with Crippen molar-refractivity contribution in [1.82, 2.24) is 4.31 Å². The number of carbonyl (C=O) groups excluding carboxylic acids is 2. The van der Waals surface area contributed by atoms with Gasteiger partial charge in [0.25, 0.3) is 15.9 Å². The van der Waals surface area contributed by atoms with Gasteiger partial charge in [-0.2, -0.15) is 4.31 Å². The molecule has 160 valence electrons. The number of fused-ring (bicyclic) bond motifs is 1. The van der Waals surface area contributed by atoms with Crippen molar-refractivity contribution < 1.29 is 22.7 Å². The molecule has 1 aliphatic carbocycles. The first-order valence-corrected chi connectivity index (χ1v) is 12.4. The normalized spacial score (nSPS) is 17.5. The minimum absolute atomic E-state index is 0.265. The van der Waals surface area contributed by atoms with Crippen molar-refractivity contribution in [2.24, 2.45) is 5.92 Å². The Kier molecular flexibility index (Phi) is 6.21. The molecule has 0 saturated carbocycles. The SMILES string of the molecule is O=C(COC(=O)C1CCN(S(=O)(=O)c2cccs2)CC1)Nc1ccc2c(c1)CCC2. The Balaban J connectivity index is 1.23. The Labute approximate surface area is 180 Å². The van der Waals surface area contributed by atoms with Crippen molar-refractivity contribution in [3.63, 3.8) is 0 Å². The Morgan fingerprint density at radius 1 is 1.13 bits per heavy atom. The van der Waals surface area contributed by atoms with Crippen LogP contribution in [0, 0.1) is 5.92 Å². The fourth-order valence-corrected chi connectivity index (χ4v) is 6.58. The van der Waals surface area contributed by atoms with Crippen LogP contribution >= 0.6 is 11.3 Å². The minimum Gasteiger partial charge on any atom is -0.455 e. The highest BCUT2D eigenvalue weighted by atomic mass is 32.2. The summed E-state index contributed by atoms with van der Waals surface area (Å²) in [6.07, 6.45) is 4.01. The molecule has 2 aromatic rings. The zero-order chi connectivity index (χ0) is 21.1. The molecule has 0 bridgehead atoms. The van der Waals surface area contributed by atoms with E-state index in [2.05, 4.69) is 5.32 Å². The lowest BCUT2D eigenvalue weighted by atomic mass is 9.98. The molecule has 1 amide bonds. The molecule has 4 rings (SSSR count). The monoisotopic (exact) mass is 448 g/mol. The number of piperidine rings is 1. The number of hydrogen-bond donors (Lipinski definition) is 1. The van der Waals surface area contributed by atoms with E-state index >= 15 is 0 Å². The molecule has 1 N–H and O–H groups in total. The molecule has 1 aromatic heterocycles. The number of amides is 1. The van der Waals surface area contributed by atoms with Gasteiger partial charge in [0.15, 0.2) is 6.61 Å². The fraction of sp³-hybridized carbons (Fsp3) is 0.429. The average Bonchev–Trinajstić information content (AvgIpc) is 3.44. The van der Waals surface area contributed by atoms with Crippen molar-refractivity contribution in [2.45, 2.75) is 36.3 Å². The molecule has 2 aliphatic rings. The largest absolute Gasteiger partial charge is 0.455 e. The quantitative estimate of drug-likeness (QED) is 0.686. The van der Waals surface area contributed by atoms with E-state index in [1.807, 2.05) is 18.2 Å². The number of aryl methyl sites for hydroxylation is 2. The topological polar surface area (TPSA) is 92.8 Å². The number of benzene rings is 1. The minimum atomic E-state index is -3.50.